The second-order valence-corrected chi connectivity index (χ2v) is 13.1. The molecule has 13 nitrogen and oxygen atoms in total. The Bertz CT molecular complexity index is 1830. The number of fused-ring (bicyclic) bond motifs is 4. The van der Waals surface area contributed by atoms with E-state index in [-0.39, 0.29) is 49.2 Å². The van der Waals surface area contributed by atoms with Crippen molar-refractivity contribution in [1.29, 1.82) is 0 Å². The maximum atomic E-state index is 13.8. The zero-order chi connectivity index (χ0) is 37.4. The number of halogens is 1. The van der Waals surface area contributed by atoms with Gasteiger partial charge in [0.05, 0.1) is 31.5 Å². The van der Waals surface area contributed by atoms with Crippen molar-refractivity contribution < 1.29 is 38.2 Å². The molecule has 0 fully saturated rings. The van der Waals surface area contributed by atoms with Crippen molar-refractivity contribution in [3.8, 4) is 11.5 Å². The summed E-state index contributed by atoms with van der Waals surface area (Å²) in [6, 6.07) is 14.9. The first-order valence-corrected chi connectivity index (χ1v) is 17.7. The van der Waals surface area contributed by atoms with Crippen LogP contribution in [-0.2, 0) is 42.8 Å². The lowest BCUT2D eigenvalue weighted by Gasteiger charge is -2.22. The summed E-state index contributed by atoms with van der Waals surface area (Å²) in [6.45, 7) is 3.74. The number of para-hydroxylation sites is 1. The van der Waals surface area contributed by atoms with E-state index in [1.165, 1.54) is 28.1 Å². The number of ether oxygens (including phenoxy) is 3. The summed E-state index contributed by atoms with van der Waals surface area (Å²) in [6.07, 6.45) is 2.10. The molecule has 3 aromatic carbocycles. The number of hydrogen-bond donors (Lipinski definition) is 4. The van der Waals surface area contributed by atoms with Crippen LogP contribution >= 0.6 is 11.6 Å². The first kappa shape index (κ1) is 37.9. The minimum absolute atomic E-state index is 0.0127. The second kappa shape index (κ2) is 17.3. The number of methoxy groups -OCH3 is 2. The summed E-state index contributed by atoms with van der Waals surface area (Å²) in [5, 5.41) is 11.5. The molecule has 2 aliphatic rings. The topological polar surface area (TPSA) is 164 Å². The predicted octanol–water partition coefficient (Wildman–Crippen LogP) is 4.69. The molecule has 2 aliphatic heterocycles. The fourth-order valence-corrected chi connectivity index (χ4v) is 6.41. The quantitative estimate of drug-likeness (QED) is 0.0986. The Hall–Kier alpha value is -5.30. The van der Waals surface area contributed by atoms with Gasteiger partial charge in [0, 0.05) is 42.7 Å². The Labute approximate surface area is 307 Å². The summed E-state index contributed by atoms with van der Waals surface area (Å²) in [7, 11) is 2.82. The molecule has 14 heteroatoms. The van der Waals surface area contributed by atoms with Crippen molar-refractivity contribution in [2.24, 2.45) is 0 Å². The molecule has 1 unspecified atom stereocenters. The van der Waals surface area contributed by atoms with Crippen LogP contribution in [0.25, 0.3) is 0 Å². The van der Waals surface area contributed by atoms with Crippen LogP contribution in [-0.4, -0.2) is 68.5 Å². The van der Waals surface area contributed by atoms with E-state index in [0.717, 1.165) is 23.2 Å². The molecule has 0 saturated heterocycles. The monoisotopic (exact) mass is 733 g/mol. The molecule has 0 aliphatic carbocycles. The van der Waals surface area contributed by atoms with E-state index in [0.29, 0.717) is 53.4 Å². The van der Waals surface area contributed by atoms with Crippen LogP contribution < -0.4 is 35.6 Å². The van der Waals surface area contributed by atoms with Crippen LogP contribution in [0.15, 0.2) is 54.6 Å². The van der Waals surface area contributed by atoms with Gasteiger partial charge in [0.15, 0.2) is 11.5 Å². The Morgan fingerprint density at radius 3 is 2.40 bits per heavy atom. The zero-order valence-corrected chi connectivity index (χ0v) is 30.4. The Kier molecular flexibility index (Phi) is 12.6. The van der Waals surface area contributed by atoms with Crippen LogP contribution in [0.2, 0.25) is 0 Å². The average molecular weight is 734 g/mol. The molecule has 0 saturated carbocycles. The highest BCUT2D eigenvalue weighted by Gasteiger charge is 2.37. The minimum Gasteiger partial charge on any atom is -0.493 e. The van der Waals surface area contributed by atoms with Crippen molar-refractivity contribution in [3.05, 3.63) is 76.9 Å². The van der Waals surface area contributed by atoms with Crippen molar-refractivity contribution >= 4 is 58.3 Å². The number of alkyl halides is 1. The molecule has 52 heavy (non-hydrogen) atoms. The van der Waals surface area contributed by atoms with Gasteiger partial charge in [-0.3, -0.25) is 24.0 Å². The number of nitrogens with zero attached hydrogens (tertiary/aromatic N) is 1. The molecule has 0 bridgehead atoms. The van der Waals surface area contributed by atoms with E-state index in [1.54, 1.807) is 24.3 Å². The molecule has 3 aromatic rings. The van der Waals surface area contributed by atoms with Crippen LogP contribution in [0.5, 0.6) is 11.5 Å². The fourth-order valence-electron chi connectivity index (χ4n) is 6.26. The van der Waals surface area contributed by atoms with Crippen molar-refractivity contribution in [2.45, 2.75) is 76.6 Å². The van der Waals surface area contributed by atoms with Crippen LogP contribution in [0, 0.1) is 0 Å². The number of anilines is 3. The molecule has 276 valence electrons. The number of hydrogen-bond acceptors (Lipinski definition) is 9. The molecule has 4 amide bonds. The summed E-state index contributed by atoms with van der Waals surface area (Å²) in [5.74, 6) is -0.770. The van der Waals surface area contributed by atoms with E-state index in [4.69, 9.17) is 21.1 Å². The van der Waals surface area contributed by atoms with E-state index < -0.39 is 23.9 Å². The maximum absolute atomic E-state index is 13.8. The summed E-state index contributed by atoms with van der Waals surface area (Å²) < 4.78 is 16.4. The van der Waals surface area contributed by atoms with Gasteiger partial charge in [0.1, 0.15) is 18.7 Å². The Morgan fingerprint density at radius 2 is 1.65 bits per heavy atom. The van der Waals surface area contributed by atoms with Crippen LogP contribution in [0.3, 0.4) is 0 Å². The van der Waals surface area contributed by atoms with Crippen LogP contribution in [0.4, 0.5) is 17.1 Å². The predicted molar refractivity (Wildman–Crippen MR) is 197 cm³/mol. The number of unbranched alkanes of at least 4 members (excludes halogenated alkanes) is 1. The smallest absolute Gasteiger partial charge is 0.305 e. The van der Waals surface area contributed by atoms with Crippen molar-refractivity contribution in [1.82, 2.24) is 10.6 Å². The fraction of sp³-hybridized carbons (Fsp3) is 0.395. The third-order valence-corrected chi connectivity index (χ3v) is 9.32. The van der Waals surface area contributed by atoms with Gasteiger partial charge >= 0.3 is 5.97 Å². The molecule has 0 radical (unpaired) electrons. The van der Waals surface area contributed by atoms with Gasteiger partial charge in [0.25, 0.3) is 5.91 Å². The lowest BCUT2D eigenvalue weighted by atomic mass is 10.1. The normalized spacial score (nSPS) is 15.4. The van der Waals surface area contributed by atoms with Crippen LogP contribution in [0.1, 0.15) is 66.6 Å². The molecule has 0 spiro atoms. The van der Waals surface area contributed by atoms with E-state index >= 15 is 0 Å². The standard InChI is InChI=1S/C38H44ClN5O8/c1-22(41-34(45)11-7-8-12-35(46)51-4)36(47)42-23(2)37(48)43-27-14-24(19-39)13-25(15-27)21-52-33-18-30-29(17-32(33)50-3)38(49)44-28(20-40-30)16-26-9-5-6-10-31(26)44/h5-6,9-10,13-15,17-18,22-23,28,40H,7-8,11-12,16,19-21H2,1-4H3,(H,41,45)(H,42,47)(H,43,48)/t22-,23?,28-/m0/s1. The highest BCUT2D eigenvalue weighted by molar-refractivity contribution is 6.17. The zero-order valence-electron chi connectivity index (χ0n) is 29.7. The number of carbonyl (C=O) groups excluding carboxylic acids is 5. The molecule has 5 rings (SSSR count). The van der Waals surface area contributed by atoms with Gasteiger partial charge in [-0.15, -0.1) is 11.6 Å². The Balaban J connectivity index is 1.19. The Morgan fingerprint density at radius 1 is 0.923 bits per heavy atom. The molecular formula is C38H44ClN5O8. The van der Waals surface area contributed by atoms with E-state index in [2.05, 4.69) is 32.1 Å². The number of benzene rings is 3. The average Bonchev–Trinajstić information content (AvgIpc) is 3.46. The van der Waals surface area contributed by atoms with Gasteiger partial charge in [-0.2, -0.15) is 0 Å². The molecule has 4 N–H and O–H groups in total. The lowest BCUT2D eigenvalue weighted by molar-refractivity contribution is -0.140. The highest BCUT2D eigenvalue weighted by Crippen LogP contribution is 2.40. The number of amides is 4. The third-order valence-electron chi connectivity index (χ3n) is 9.01. The maximum Gasteiger partial charge on any atom is 0.305 e. The van der Waals surface area contributed by atoms with Crippen molar-refractivity contribution in [3.63, 3.8) is 0 Å². The molecule has 0 aromatic heterocycles. The van der Waals surface area contributed by atoms with Crippen molar-refractivity contribution in [2.75, 3.05) is 36.3 Å². The highest BCUT2D eigenvalue weighted by atomic mass is 35.5. The number of esters is 1. The van der Waals surface area contributed by atoms with Gasteiger partial charge in [0.2, 0.25) is 17.7 Å². The number of rotatable bonds is 15. The minimum atomic E-state index is -0.922. The van der Waals surface area contributed by atoms with Gasteiger partial charge in [-0.1, -0.05) is 24.3 Å². The largest absolute Gasteiger partial charge is 0.493 e. The van der Waals surface area contributed by atoms with E-state index in [9.17, 15) is 24.0 Å². The summed E-state index contributed by atoms with van der Waals surface area (Å²) in [4.78, 5) is 64.9. The number of nitrogens with one attached hydrogen (secondary N) is 4. The van der Waals surface area contributed by atoms with E-state index in [1.807, 2.05) is 29.2 Å². The van der Waals surface area contributed by atoms with Gasteiger partial charge < -0.3 is 40.4 Å². The second-order valence-electron chi connectivity index (χ2n) is 12.8. The molecule has 2 heterocycles. The van der Waals surface area contributed by atoms with Gasteiger partial charge in [-0.05, 0) is 74.1 Å². The molecule has 3 atom stereocenters. The molecular weight excluding hydrogens is 690 g/mol. The van der Waals surface area contributed by atoms with Gasteiger partial charge in [-0.25, -0.2) is 0 Å². The summed E-state index contributed by atoms with van der Waals surface area (Å²) >= 11 is 6.19. The SMILES string of the molecule is COC(=O)CCCCC(=O)N[C@@H](C)C(=O)NC(C)C(=O)Nc1cc(CCl)cc(COc2cc3c(cc2OC)C(=O)N2c4ccccc4C[C@H]2CN3)c1. The summed E-state index contributed by atoms with van der Waals surface area (Å²) in [5.41, 5.74) is 5.11. The lowest BCUT2D eigenvalue weighted by Crippen LogP contribution is -2.50. The first-order chi connectivity index (χ1) is 25.0. The third kappa shape index (κ3) is 9.13. The number of carbonyl (C=O) groups is 5. The first-order valence-electron chi connectivity index (χ1n) is 17.2.